The first kappa shape index (κ1) is 20.3. The predicted molar refractivity (Wildman–Crippen MR) is 112 cm³/mol. The zero-order chi connectivity index (χ0) is 20.9. The van der Waals surface area contributed by atoms with Crippen LogP contribution in [0.25, 0.3) is 0 Å². The van der Waals surface area contributed by atoms with Gasteiger partial charge in [0.1, 0.15) is 11.6 Å². The van der Waals surface area contributed by atoms with Crippen molar-refractivity contribution in [2.24, 2.45) is 5.92 Å². The van der Waals surface area contributed by atoms with E-state index in [1.165, 1.54) is 0 Å². The lowest BCUT2D eigenvalue weighted by Gasteiger charge is -2.22. The number of carbonyl (C=O) groups excluding carboxylic acids is 1. The summed E-state index contributed by atoms with van der Waals surface area (Å²) in [5.74, 6) is 3.03. The van der Waals surface area contributed by atoms with Crippen molar-refractivity contribution < 1.29 is 9.21 Å². The summed E-state index contributed by atoms with van der Waals surface area (Å²) in [6.45, 7) is 7.64. The number of hydrogen-bond acceptors (Lipinski definition) is 6. The van der Waals surface area contributed by atoms with Gasteiger partial charge in [-0.05, 0) is 36.6 Å². The second-order valence-corrected chi connectivity index (χ2v) is 8.13. The van der Waals surface area contributed by atoms with Gasteiger partial charge in [-0.3, -0.25) is 14.7 Å². The van der Waals surface area contributed by atoms with Crippen LogP contribution in [-0.2, 0) is 19.5 Å². The van der Waals surface area contributed by atoms with Crippen LogP contribution < -0.4 is 5.32 Å². The van der Waals surface area contributed by atoms with Gasteiger partial charge >= 0.3 is 0 Å². The first-order valence-corrected chi connectivity index (χ1v) is 10.5. The highest BCUT2D eigenvalue weighted by Gasteiger charge is 2.26. The molecular formula is C22H28N6O2. The van der Waals surface area contributed by atoms with E-state index in [2.05, 4.69) is 43.8 Å². The Labute approximate surface area is 176 Å². The Balaban J connectivity index is 1.50. The third-order valence-corrected chi connectivity index (χ3v) is 5.35. The largest absolute Gasteiger partial charge is 0.468 e. The van der Waals surface area contributed by atoms with Crippen LogP contribution in [-0.4, -0.2) is 43.6 Å². The van der Waals surface area contributed by atoms with Crippen molar-refractivity contribution in [2.45, 2.75) is 45.8 Å². The van der Waals surface area contributed by atoms with Crippen molar-refractivity contribution >= 4 is 5.91 Å². The number of nitrogens with one attached hydrogen (secondary N) is 1. The lowest BCUT2D eigenvalue weighted by Crippen LogP contribution is -2.32. The zero-order valence-corrected chi connectivity index (χ0v) is 17.5. The van der Waals surface area contributed by atoms with Crippen LogP contribution in [0, 0.1) is 5.92 Å². The highest BCUT2D eigenvalue weighted by atomic mass is 16.3. The predicted octanol–water partition coefficient (Wildman–Crippen LogP) is 2.84. The molecule has 0 spiro atoms. The number of pyridine rings is 1. The number of hydrogen-bond donors (Lipinski definition) is 1. The van der Waals surface area contributed by atoms with E-state index in [1.54, 1.807) is 30.8 Å². The van der Waals surface area contributed by atoms with Gasteiger partial charge in [-0.1, -0.05) is 13.8 Å². The van der Waals surface area contributed by atoms with Gasteiger partial charge in [-0.2, -0.15) is 0 Å². The molecule has 1 aliphatic rings. The van der Waals surface area contributed by atoms with Gasteiger partial charge in [0.25, 0.3) is 5.91 Å². The second-order valence-electron chi connectivity index (χ2n) is 8.13. The molecular weight excluding hydrogens is 380 g/mol. The number of furan rings is 1. The van der Waals surface area contributed by atoms with Gasteiger partial charge in [-0.25, -0.2) is 0 Å². The first-order valence-electron chi connectivity index (χ1n) is 10.5. The molecule has 0 saturated carbocycles. The number of rotatable bonds is 7. The van der Waals surface area contributed by atoms with Crippen molar-refractivity contribution in [3.63, 3.8) is 0 Å². The number of amides is 1. The van der Waals surface area contributed by atoms with Crippen molar-refractivity contribution in [3.8, 4) is 0 Å². The van der Waals surface area contributed by atoms with Crippen LogP contribution in [0.2, 0.25) is 0 Å². The molecule has 1 N–H and O–H groups in total. The van der Waals surface area contributed by atoms with E-state index in [1.807, 2.05) is 12.1 Å². The maximum atomic E-state index is 12.8. The molecule has 1 amide bonds. The Kier molecular flexibility index (Phi) is 6.23. The van der Waals surface area contributed by atoms with Crippen molar-refractivity contribution in [1.82, 2.24) is 30.0 Å². The van der Waals surface area contributed by atoms with Crippen molar-refractivity contribution in [3.05, 3.63) is 65.9 Å². The van der Waals surface area contributed by atoms with Crippen LogP contribution in [0.1, 0.15) is 54.1 Å². The number of carbonyl (C=O) groups is 1. The Morgan fingerprint density at radius 3 is 2.83 bits per heavy atom. The summed E-state index contributed by atoms with van der Waals surface area (Å²) in [6.07, 6.45) is 6.56. The molecule has 3 aromatic rings. The number of fused-ring (bicyclic) bond motifs is 1. The summed E-state index contributed by atoms with van der Waals surface area (Å²) in [7, 11) is 0. The third-order valence-electron chi connectivity index (χ3n) is 5.35. The molecule has 8 heteroatoms. The summed E-state index contributed by atoms with van der Waals surface area (Å²) in [5.41, 5.74) is 0.548. The van der Waals surface area contributed by atoms with E-state index in [-0.39, 0.29) is 11.9 Å². The van der Waals surface area contributed by atoms with Gasteiger partial charge in [0.05, 0.1) is 24.4 Å². The van der Waals surface area contributed by atoms with Crippen LogP contribution in [0.3, 0.4) is 0 Å². The highest BCUT2D eigenvalue weighted by Crippen LogP contribution is 2.23. The van der Waals surface area contributed by atoms with Gasteiger partial charge in [-0.15, -0.1) is 10.2 Å². The smallest absolute Gasteiger partial charge is 0.253 e. The normalized spacial score (nSPS) is 15.6. The fourth-order valence-electron chi connectivity index (χ4n) is 3.87. The molecule has 0 radical (unpaired) electrons. The molecule has 0 bridgehead atoms. The molecule has 1 aliphatic heterocycles. The minimum Gasteiger partial charge on any atom is -0.468 e. The van der Waals surface area contributed by atoms with Crippen LogP contribution in [0.15, 0.2) is 47.3 Å². The first-order chi connectivity index (χ1) is 14.6. The molecule has 30 heavy (non-hydrogen) atoms. The molecule has 8 nitrogen and oxygen atoms in total. The fourth-order valence-corrected chi connectivity index (χ4v) is 3.87. The second kappa shape index (κ2) is 9.21. The van der Waals surface area contributed by atoms with Crippen molar-refractivity contribution in [1.29, 1.82) is 0 Å². The van der Waals surface area contributed by atoms with E-state index >= 15 is 0 Å². The van der Waals surface area contributed by atoms with Gasteiger partial charge in [0, 0.05) is 38.4 Å². The molecule has 4 heterocycles. The molecule has 4 rings (SSSR count). The number of aromatic nitrogens is 4. The molecule has 0 aromatic carbocycles. The third kappa shape index (κ3) is 4.76. The van der Waals surface area contributed by atoms with E-state index < -0.39 is 0 Å². The average Bonchev–Trinajstić information content (AvgIpc) is 3.35. The van der Waals surface area contributed by atoms with Crippen molar-refractivity contribution in [2.75, 3.05) is 13.1 Å². The van der Waals surface area contributed by atoms with E-state index in [9.17, 15) is 4.79 Å². The maximum Gasteiger partial charge on any atom is 0.253 e. The minimum atomic E-state index is -0.199. The number of nitrogens with zero attached hydrogens (tertiary/aromatic N) is 5. The fraction of sp³-hybridized carbons (Fsp3) is 0.455. The minimum absolute atomic E-state index is 0.140. The lowest BCUT2D eigenvalue weighted by atomic mass is 10.0. The highest BCUT2D eigenvalue weighted by molar-refractivity contribution is 5.94. The molecule has 0 saturated heterocycles. The Morgan fingerprint density at radius 1 is 1.20 bits per heavy atom. The molecule has 0 fully saturated rings. The zero-order valence-electron chi connectivity index (χ0n) is 17.5. The van der Waals surface area contributed by atoms with Crippen LogP contribution in [0.4, 0.5) is 0 Å². The lowest BCUT2D eigenvalue weighted by molar-refractivity contribution is 0.0928. The SMILES string of the molecule is CC(C)CC(NC(=O)c1cccnc1)c1nnc2n1CCN(Cc1ccco1)CC2. The van der Waals surface area contributed by atoms with Gasteiger partial charge in [0.2, 0.25) is 0 Å². The van der Waals surface area contributed by atoms with Crippen LogP contribution >= 0.6 is 0 Å². The monoisotopic (exact) mass is 408 g/mol. The van der Waals surface area contributed by atoms with Gasteiger partial charge < -0.3 is 14.3 Å². The Morgan fingerprint density at radius 2 is 2.10 bits per heavy atom. The quantitative estimate of drug-likeness (QED) is 0.647. The van der Waals surface area contributed by atoms with E-state index in [0.29, 0.717) is 11.5 Å². The summed E-state index contributed by atoms with van der Waals surface area (Å²) < 4.78 is 7.68. The molecule has 0 aliphatic carbocycles. The average molecular weight is 409 g/mol. The summed E-state index contributed by atoms with van der Waals surface area (Å²) in [5, 5.41) is 12.1. The van der Waals surface area contributed by atoms with E-state index in [0.717, 1.165) is 56.4 Å². The Bertz CT molecular complexity index is 951. The summed E-state index contributed by atoms with van der Waals surface area (Å²) >= 11 is 0. The summed E-state index contributed by atoms with van der Waals surface area (Å²) in [6, 6.07) is 7.26. The molecule has 3 aromatic heterocycles. The molecule has 1 unspecified atom stereocenters. The Hall–Kier alpha value is -3.00. The molecule has 158 valence electrons. The standard InChI is InChI=1S/C22H28N6O2/c1-16(2)13-19(24-22(29)17-5-3-8-23-14-17)21-26-25-20-7-9-27(10-11-28(20)21)15-18-6-4-12-30-18/h3-6,8,12,14,16,19H,7,9-11,13,15H2,1-2H3,(H,24,29). The van der Waals surface area contributed by atoms with Crippen LogP contribution in [0.5, 0.6) is 0 Å². The van der Waals surface area contributed by atoms with E-state index in [4.69, 9.17) is 4.42 Å². The maximum absolute atomic E-state index is 12.8. The molecule has 1 atom stereocenters. The topological polar surface area (TPSA) is 89.1 Å². The summed E-state index contributed by atoms with van der Waals surface area (Å²) in [4.78, 5) is 19.2. The van der Waals surface area contributed by atoms with Gasteiger partial charge in [0.15, 0.2) is 5.82 Å².